The molecule has 2 aromatic carbocycles. The van der Waals surface area contributed by atoms with Crippen molar-refractivity contribution in [2.24, 2.45) is 0 Å². The highest BCUT2D eigenvalue weighted by Gasteiger charge is 2.36. The third kappa shape index (κ3) is 3.00. The van der Waals surface area contributed by atoms with Gasteiger partial charge in [-0.25, -0.2) is 17.6 Å². The van der Waals surface area contributed by atoms with E-state index in [2.05, 4.69) is 4.98 Å². The molecule has 0 spiro atoms. The third-order valence-electron chi connectivity index (χ3n) is 4.82. The number of rotatable bonds is 3. The van der Waals surface area contributed by atoms with Gasteiger partial charge in [0.2, 0.25) is 0 Å². The molecule has 3 aromatic rings. The molecule has 0 aliphatic carbocycles. The summed E-state index contributed by atoms with van der Waals surface area (Å²) in [4.78, 5) is 4.67. The quantitative estimate of drug-likeness (QED) is 0.405. The molecule has 0 fully saturated rings. The molecule has 7 heteroatoms. The molecule has 2 heterocycles. The molecule has 0 amide bonds. The van der Waals surface area contributed by atoms with Crippen molar-refractivity contribution < 1.29 is 17.6 Å². The first kappa shape index (κ1) is 17.8. The summed E-state index contributed by atoms with van der Waals surface area (Å²) in [5, 5.41) is 0.968. The lowest BCUT2D eigenvalue weighted by atomic mass is 9.91. The van der Waals surface area contributed by atoms with Crippen LogP contribution < -0.4 is 0 Å². The van der Waals surface area contributed by atoms with Crippen LogP contribution in [0.1, 0.15) is 22.9 Å². The van der Waals surface area contributed by atoms with Gasteiger partial charge in [0, 0.05) is 32.3 Å². The second-order valence-corrected chi connectivity index (χ2v) is 7.63. The van der Waals surface area contributed by atoms with Crippen molar-refractivity contribution in [3.8, 4) is 0 Å². The molecule has 26 heavy (non-hydrogen) atoms. The van der Waals surface area contributed by atoms with E-state index in [-0.39, 0.29) is 5.56 Å². The molecule has 1 aliphatic rings. The zero-order chi connectivity index (χ0) is 18.4. The smallest absolute Gasteiger partial charge is 0.251 e. The monoisotopic (exact) mass is 474 g/mol. The van der Waals surface area contributed by atoms with Gasteiger partial charge in [-0.3, -0.25) is 4.90 Å². The van der Waals surface area contributed by atoms with Crippen LogP contribution in [0.25, 0.3) is 10.9 Å². The predicted octanol–water partition coefficient (Wildman–Crippen LogP) is 5.26. The first-order chi connectivity index (χ1) is 12.5. The van der Waals surface area contributed by atoms with Crippen LogP contribution in [-0.4, -0.2) is 29.4 Å². The van der Waals surface area contributed by atoms with Gasteiger partial charge in [-0.2, -0.15) is 0 Å². The highest BCUT2D eigenvalue weighted by molar-refractivity contribution is 14.1. The van der Waals surface area contributed by atoms with Crippen LogP contribution in [0.4, 0.5) is 17.6 Å². The second-order valence-electron chi connectivity index (χ2n) is 6.38. The van der Waals surface area contributed by atoms with E-state index in [0.29, 0.717) is 22.2 Å². The van der Waals surface area contributed by atoms with Crippen molar-refractivity contribution in [1.82, 2.24) is 9.88 Å². The summed E-state index contributed by atoms with van der Waals surface area (Å²) in [6.07, 6.45) is -2.03. The Balaban J connectivity index is 1.94. The maximum atomic E-state index is 14.7. The number of benzene rings is 2. The Kier molecular flexibility index (Phi) is 4.68. The summed E-state index contributed by atoms with van der Waals surface area (Å²) >= 11 is 1.83. The van der Waals surface area contributed by atoms with Crippen LogP contribution in [0.5, 0.6) is 0 Å². The maximum Gasteiger partial charge on any atom is 0.251 e. The average molecular weight is 474 g/mol. The molecule has 1 aliphatic heterocycles. The van der Waals surface area contributed by atoms with E-state index >= 15 is 0 Å². The van der Waals surface area contributed by atoms with Crippen molar-refractivity contribution in [2.75, 3.05) is 13.1 Å². The molecule has 1 atom stereocenters. The van der Waals surface area contributed by atoms with E-state index in [4.69, 9.17) is 0 Å². The van der Waals surface area contributed by atoms with Crippen LogP contribution in [-0.2, 0) is 6.42 Å². The molecule has 0 saturated heterocycles. The number of nitrogens with one attached hydrogen (secondary N) is 1. The number of para-hydroxylation sites is 1. The van der Waals surface area contributed by atoms with Gasteiger partial charge in [-0.1, -0.05) is 18.2 Å². The molecule has 1 N–H and O–H groups in total. The van der Waals surface area contributed by atoms with Gasteiger partial charge in [0.25, 0.3) is 6.43 Å². The summed E-state index contributed by atoms with van der Waals surface area (Å²) in [7, 11) is 0. The number of alkyl halides is 2. The van der Waals surface area contributed by atoms with E-state index in [1.165, 1.54) is 17.0 Å². The molecule has 2 nitrogen and oxygen atoms in total. The van der Waals surface area contributed by atoms with Crippen molar-refractivity contribution in [2.45, 2.75) is 18.9 Å². The standard InChI is InChI=1S/C19H15F4IN2/c20-13-7-10(24)8-14(21)17(13)19-18-12(5-6-26(19)9-16(22)23)11-3-1-2-4-15(11)25-18/h1-4,7-8,16,19,25H,5-6,9H2/t19-/m1/s1. The predicted molar refractivity (Wildman–Crippen MR) is 100 cm³/mol. The molecular weight excluding hydrogens is 459 g/mol. The number of nitrogens with zero attached hydrogens (tertiary/aromatic N) is 1. The highest BCUT2D eigenvalue weighted by Crippen LogP contribution is 2.40. The number of H-pyrrole nitrogens is 1. The fourth-order valence-corrected chi connectivity index (χ4v) is 4.35. The highest BCUT2D eigenvalue weighted by atomic mass is 127. The van der Waals surface area contributed by atoms with Crippen molar-refractivity contribution in [3.05, 3.63) is 68.4 Å². The van der Waals surface area contributed by atoms with Gasteiger partial charge in [0.1, 0.15) is 11.6 Å². The minimum Gasteiger partial charge on any atom is -0.357 e. The first-order valence-electron chi connectivity index (χ1n) is 8.22. The van der Waals surface area contributed by atoms with Gasteiger partial charge in [0.15, 0.2) is 0 Å². The fraction of sp³-hybridized carbons (Fsp3) is 0.263. The van der Waals surface area contributed by atoms with Gasteiger partial charge < -0.3 is 4.98 Å². The zero-order valence-electron chi connectivity index (χ0n) is 13.6. The normalized spacial score (nSPS) is 17.8. The molecule has 0 unspecified atom stereocenters. The number of halogens is 5. The summed E-state index contributed by atoms with van der Waals surface area (Å²) in [6, 6.07) is 9.13. The lowest BCUT2D eigenvalue weighted by Gasteiger charge is -2.36. The second kappa shape index (κ2) is 6.84. The number of hydrogen-bond acceptors (Lipinski definition) is 1. The van der Waals surface area contributed by atoms with Crippen LogP contribution in [0, 0.1) is 15.2 Å². The maximum absolute atomic E-state index is 14.7. The Bertz CT molecular complexity index is 946. The lowest BCUT2D eigenvalue weighted by Crippen LogP contribution is -2.39. The van der Waals surface area contributed by atoms with Gasteiger partial charge in [-0.05, 0) is 52.8 Å². The first-order valence-corrected chi connectivity index (χ1v) is 9.29. The molecule has 136 valence electrons. The molecule has 0 bridgehead atoms. The van der Waals surface area contributed by atoms with Gasteiger partial charge >= 0.3 is 0 Å². The lowest BCUT2D eigenvalue weighted by molar-refractivity contribution is 0.0679. The van der Waals surface area contributed by atoms with E-state index in [1.807, 2.05) is 46.9 Å². The van der Waals surface area contributed by atoms with Crippen molar-refractivity contribution >= 4 is 33.5 Å². The van der Waals surface area contributed by atoms with E-state index in [0.717, 1.165) is 16.5 Å². The molecule has 0 saturated carbocycles. The summed E-state index contributed by atoms with van der Waals surface area (Å²) in [5.74, 6) is -1.43. The van der Waals surface area contributed by atoms with Crippen molar-refractivity contribution in [3.63, 3.8) is 0 Å². The largest absolute Gasteiger partial charge is 0.357 e. The Hall–Kier alpha value is -1.61. The third-order valence-corrected chi connectivity index (χ3v) is 5.45. The minimum absolute atomic E-state index is 0.182. The number of aromatic nitrogens is 1. The van der Waals surface area contributed by atoms with E-state index < -0.39 is 30.6 Å². The zero-order valence-corrected chi connectivity index (χ0v) is 15.7. The Morgan fingerprint density at radius 1 is 1.15 bits per heavy atom. The SMILES string of the molecule is Fc1cc(I)cc(F)c1[C@@H]1c2[nH]c3ccccc3c2CCN1CC(F)F. The summed E-state index contributed by atoms with van der Waals surface area (Å²) < 4.78 is 56.0. The molecule has 1 aromatic heterocycles. The van der Waals surface area contributed by atoms with Crippen LogP contribution in [0.3, 0.4) is 0 Å². The number of hydrogen-bond donors (Lipinski definition) is 1. The van der Waals surface area contributed by atoms with Crippen LogP contribution in [0.15, 0.2) is 36.4 Å². The average Bonchev–Trinajstić information content (AvgIpc) is 2.94. The minimum atomic E-state index is -2.58. The summed E-state index contributed by atoms with van der Waals surface area (Å²) in [6.45, 7) is -0.223. The topological polar surface area (TPSA) is 19.0 Å². The molecule has 4 rings (SSSR count). The Morgan fingerprint density at radius 2 is 1.85 bits per heavy atom. The van der Waals surface area contributed by atoms with Crippen molar-refractivity contribution in [1.29, 1.82) is 0 Å². The number of aromatic amines is 1. The van der Waals surface area contributed by atoms with E-state index in [1.54, 1.807) is 0 Å². The Labute approximate surface area is 161 Å². The van der Waals surface area contributed by atoms with Crippen LogP contribution >= 0.6 is 22.6 Å². The van der Waals surface area contributed by atoms with Crippen LogP contribution in [0.2, 0.25) is 0 Å². The Morgan fingerprint density at radius 3 is 2.54 bits per heavy atom. The summed E-state index contributed by atoms with van der Waals surface area (Å²) in [5.41, 5.74) is 2.19. The van der Waals surface area contributed by atoms with Gasteiger partial charge in [-0.15, -0.1) is 0 Å². The van der Waals surface area contributed by atoms with Gasteiger partial charge in [0.05, 0.1) is 12.6 Å². The fourth-order valence-electron chi connectivity index (χ4n) is 3.81. The molecular formula is C19H15F4IN2. The number of fused-ring (bicyclic) bond motifs is 3. The molecule has 0 radical (unpaired) electrons. The van der Waals surface area contributed by atoms with E-state index in [9.17, 15) is 17.6 Å².